The Morgan fingerprint density at radius 1 is 1.27 bits per heavy atom. The lowest BCUT2D eigenvalue weighted by molar-refractivity contribution is -0.136. The van der Waals surface area contributed by atoms with E-state index in [0.717, 1.165) is 5.56 Å². The van der Waals surface area contributed by atoms with Gasteiger partial charge in [0.2, 0.25) is 5.91 Å². The van der Waals surface area contributed by atoms with Crippen LogP contribution in [0.15, 0.2) is 59.8 Å². The van der Waals surface area contributed by atoms with Gasteiger partial charge in [-0.1, -0.05) is 41.9 Å². The van der Waals surface area contributed by atoms with Crippen molar-refractivity contribution in [3.63, 3.8) is 0 Å². The Bertz CT molecular complexity index is 1050. The van der Waals surface area contributed by atoms with Gasteiger partial charge < -0.3 is 20.1 Å². The number of carbonyl (C=O) groups is 3. The maximum Gasteiger partial charge on any atom is 0.338 e. The van der Waals surface area contributed by atoms with Gasteiger partial charge in [-0.05, 0) is 23.8 Å². The van der Waals surface area contributed by atoms with Crippen LogP contribution in [-0.4, -0.2) is 43.1 Å². The molecule has 154 valence electrons. The van der Waals surface area contributed by atoms with Crippen LogP contribution < -0.4 is 15.4 Å². The SMILES string of the molecule is COc1ccc(Cl)cc1NC(=O)CN1C(=O)N[C@@H](c2ccccc2)C2=C1COC2=O. The average Bonchev–Trinajstić information content (AvgIpc) is 3.12. The number of anilines is 1. The molecule has 30 heavy (non-hydrogen) atoms. The van der Waals surface area contributed by atoms with Crippen molar-refractivity contribution >= 4 is 35.2 Å². The van der Waals surface area contributed by atoms with Crippen molar-refractivity contribution < 1.29 is 23.9 Å². The number of benzene rings is 2. The molecule has 2 aromatic carbocycles. The Hall–Kier alpha value is -3.52. The minimum atomic E-state index is -0.629. The third-order valence-electron chi connectivity index (χ3n) is 4.87. The molecule has 0 radical (unpaired) electrons. The third-order valence-corrected chi connectivity index (χ3v) is 5.10. The fourth-order valence-electron chi connectivity index (χ4n) is 3.49. The first-order chi connectivity index (χ1) is 14.5. The quantitative estimate of drug-likeness (QED) is 0.715. The van der Waals surface area contributed by atoms with Crippen LogP contribution in [0.5, 0.6) is 5.75 Å². The van der Waals surface area contributed by atoms with Crippen LogP contribution in [0.3, 0.4) is 0 Å². The smallest absolute Gasteiger partial charge is 0.338 e. The molecule has 0 bridgehead atoms. The molecule has 0 saturated carbocycles. The van der Waals surface area contributed by atoms with E-state index in [1.807, 2.05) is 30.3 Å². The number of nitrogens with one attached hydrogen (secondary N) is 2. The molecule has 9 heteroatoms. The molecular formula is C21H18ClN3O5. The molecule has 0 fully saturated rings. The van der Waals surface area contributed by atoms with E-state index in [-0.39, 0.29) is 13.2 Å². The van der Waals surface area contributed by atoms with Crippen molar-refractivity contribution in [3.8, 4) is 5.75 Å². The van der Waals surface area contributed by atoms with Crippen LogP contribution in [-0.2, 0) is 14.3 Å². The van der Waals surface area contributed by atoms with Gasteiger partial charge in [-0.25, -0.2) is 9.59 Å². The Morgan fingerprint density at radius 2 is 2.03 bits per heavy atom. The second kappa shape index (κ2) is 8.08. The van der Waals surface area contributed by atoms with Gasteiger partial charge in [0.15, 0.2) is 0 Å². The lowest BCUT2D eigenvalue weighted by Crippen LogP contribution is -2.49. The van der Waals surface area contributed by atoms with Gasteiger partial charge in [0.1, 0.15) is 18.9 Å². The number of methoxy groups -OCH3 is 1. The van der Waals surface area contributed by atoms with Gasteiger partial charge in [0.25, 0.3) is 0 Å². The first-order valence-electron chi connectivity index (χ1n) is 9.14. The number of ether oxygens (including phenoxy) is 2. The van der Waals surface area contributed by atoms with Crippen molar-refractivity contribution in [2.75, 3.05) is 25.6 Å². The van der Waals surface area contributed by atoms with Gasteiger partial charge in [-0.3, -0.25) is 9.69 Å². The highest BCUT2D eigenvalue weighted by Crippen LogP contribution is 2.35. The van der Waals surface area contributed by atoms with E-state index in [1.165, 1.54) is 12.0 Å². The van der Waals surface area contributed by atoms with E-state index in [2.05, 4.69) is 10.6 Å². The maximum atomic E-state index is 12.8. The van der Waals surface area contributed by atoms with E-state index < -0.39 is 23.9 Å². The molecule has 0 aliphatic carbocycles. The predicted molar refractivity (Wildman–Crippen MR) is 109 cm³/mol. The molecule has 2 heterocycles. The molecule has 0 aromatic heterocycles. The summed E-state index contributed by atoms with van der Waals surface area (Å²) in [6.45, 7) is -0.378. The largest absolute Gasteiger partial charge is 0.495 e. The summed E-state index contributed by atoms with van der Waals surface area (Å²) in [6.07, 6.45) is 0. The van der Waals surface area contributed by atoms with Gasteiger partial charge >= 0.3 is 12.0 Å². The average molecular weight is 428 g/mol. The van der Waals surface area contributed by atoms with E-state index in [0.29, 0.717) is 27.7 Å². The number of nitrogens with zero attached hydrogens (tertiary/aromatic N) is 1. The zero-order valence-corrected chi connectivity index (χ0v) is 16.7. The Morgan fingerprint density at radius 3 is 2.77 bits per heavy atom. The number of halogens is 1. The van der Waals surface area contributed by atoms with E-state index >= 15 is 0 Å². The second-order valence-electron chi connectivity index (χ2n) is 6.71. The zero-order chi connectivity index (χ0) is 21.3. The first-order valence-corrected chi connectivity index (χ1v) is 9.52. The van der Waals surface area contributed by atoms with Crippen molar-refractivity contribution in [1.29, 1.82) is 0 Å². The third kappa shape index (κ3) is 3.69. The number of amides is 3. The fraction of sp³-hybridized carbons (Fsp3) is 0.190. The predicted octanol–water partition coefficient (Wildman–Crippen LogP) is 2.86. The van der Waals surface area contributed by atoms with Crippen LogP contribution in [0, 0.1) is 0 Å². The normalized spacial score (nSPS) is 17.9. The van der Waals surface area contributed by atoms with Crippen LogP contribution in [0.1, 0.15) is 11.6 Å². The molecule has 0 saturated heterocycles. The Labute approximate surface area is 177 Å². The van der Waals surface area contributed by atoms with Crippen LogP contribution in [0.4, 0.5) is 10.5 Å². The number of hydrogen-bond donors (Lipinski definition) is 2. The summed E-state index contributed by atoms with van der Waals surface area (Å²) in [5.74, 6) is -0.560. The van der Waals surface area contributed by atoms with E-state index in [1.54, 1.807) is 18.2 Å². The standard InChI is InChI=1S/C21H18ClN3O5/c1-29-16-8-7-13(22)9-14(16)23-17(26)10-25-15-11-30-20(27)18(15)19(24-21(25)28)12-5-3-2-4-6-12/h2-9,19H,10-11H2,1H3,(H,23,26)(H,24,28)/t19-/m0/s1. The number of rotatable bonds is 5. The molecule has 4 rings (SSSR count). The summed E-state index contributed by atoms with van der Waals surface area (Å²) in [5, 5.41) is 5.90. The lowest BCUT2D eigenvalue weighted by atomic mass is 9.96. The number of cyclic esters (lactones) is 1. The highest BCUT2D eigenvalue weighted by atomic mass is 35.5. The summed E-state index contributed by atoms with van der Waals surface area (Å²) in [5.41, 5.74) is 1.84. The Balaban J connectivity index is 1.59. The van der Waals surface area contributed by atoms with Crippen molar-refractivity contribution in [2.24, 2.45) is 0 Å². The van der Waals surface area contributed by atoms with Gasteiger partial charge in [-0.15, -0.1) is 0 Å². The maximum absolute atomic E-state index is 12.8. The van der Waals surface area contributed by atoms with Gasteiger partial charge in [0, 0.05) is 5.02 Å². The summed E-state index contributed by atoms with van der Waals surface area (Å²) in [6, 6.07) is 12.8. The highest BCUT2D eigenvalue weighted by Gasteiger charge is 2.42. The molecule has 0 spiro atoms. The minimum absolute atomic E-state index is 0.0707. The van der Waals surface area contributed by atoms with E-state index in [4.69, 9.17) is 21.1 Å². The van der Waals surface area contributed by atoms with Crippen LogP contribution in [0.2, 0.25) is 5.02 Å². The van der Waals surface area contributed by atoms with Crippen molar-refractivity contribution in [1.82, 2.24) is 10.2 Å². The van der Waals surface area contributed by atoms with Crippen molar-refractivity contribution in [2.45, 2.75) is 6.04 Å². The number of urea groups is 1. The number of hydrogen-bond acceptors (Lipinski definition) is 5. The van der Waals surface area contributed by atoms with Crippen molar-refractivity contribution in [3.05, 3.63) is 70.4 Å². The number of carbonyl (C=O) groups excluding carboxylic acids is 3. The molecule has 2 aromatic rings. The summed E-state index contributed by atoms with van der Waals surface area (Å²) >= 11 is 5.99. The zero-order valence-electron chi connectivity index (χ0n) is 16.0. The Kier molecular flexibility index (Phi) is 5.33. The van der Waals surface area contributed by atoms with Crippen LogP contribution >= 0.6 is 11.6 Å². The first kappa shape index (κ1) is 19.8. The molecule has 2 N–H and O–H groups in total. The molecule has 3 amide bonds. The highest BCUT2D eigenvalue weighted by molar-refractivity contribution is 6.31. The molecule has 2 aliphatic heterocycles. The topological polar surface area (TPSA) is 97.0 Å². The molecule has 0 unspecified atom stereocenters. The van der Waals surface area contributed by atoms with Crippen LogP contribution in [0.25, 0.3) is 0 Å². The summed E-state index contributed by atoms with van der Waals surface area (Å²) in [4.78, 5) is 39.0. The lowest BCUT2D eigenvalue weighted by Gasteiger charge is -2.32. The molecule has 8 nitrogen and oxygen atoms in total. The summed E-state index contributed by atoms with van der Waals surface area (Å²) < 4.78 is 10.4. The number of esters is 1. The van der Waals surface area contributed by atoms with Gasteiger partial charge in [-0.2, -0.15) is 0 Å². The summed E-state index contributed by atoms with van der Waals surface area (Å²) in [7, 11) is 1.47. The van der Waals surface area contributed by atoms with E-state index in [9.17, 15) is 14.4 Å². The minimum Gasteiger partial charge on any atom is -0.495 e. The molecular weight excluding hydrogens is 410 g/mol. The molecule has 2 aliphatic rings. The monoisotopic (exact) mass is 427 g/mol. The second-order valence-corrected chi connectivity index (χ2v) is 7.15. The van der Waals surface area contributed by atoms with Gasteiger partial charge in [0.05, 0.1) is 30.1 Å². The fourth-order valence-corrected chi connectivity index (χ4v) is 3.66. The molecule has 1 atom stereocenters.